The summed E-state index contributed by atoms with van der Waals surface area (Å²) in [6.07, 6.45) is 1.16. The SMILES string of the molecule is C[C@H]1CN(c2ccccc2F)CCN1C(=O)Nc1ccc2c(c1)CCC(=O)N2C. The van der Waals surface area contributed by atoms with E-state index < -0.39 is 0 Å². The van der Waals surface area contributed by atoms with E-state index in [-0.39, 0.29) is 23.8 Å². The van der Waals surface area contributed by atoms with E-state index in [0.717, 1.165) is 16.9 Å². The highest BCUT2D eigenvalue weighted by atomic mass is 19.1. The molecule has 3 amide bonds. The van der Waals surface area contributed by atoms with Gasteiger partial charge in [0.1, 0.15) is 5.82 Å². The van der Waals surface area contributed by atoms with Crippen LogP contribution in [0.25, 0.3) is 0 Å². The molecule has 152 valence electrons. The first kappa shape index (κ1) is 19.2. The molecular formula is C22H25FN4O2. The summed E-state index contributed by atoms with van der Waals surface area (Å²) in [5.74, 6) is -0.133. The Kier molecular flexibility index (Phi) is 5.13. The van der Waals surface area contributed by atoms with Crippen LogP contribution in [0.3, 0.4) is 0 Å². The number of carbonyl (C=O) groups excluding carboxylic acids is 2. The molecule has 0 radical (unpaired) electrons. The van der Waals surface area contributed by atoms with E-state index in [4.69, 9.17) is 0 Å². The largest absolute Gasteiger partial charge is 0.365 e. The van der Waals surface area contributed by atoms with Crippen LogP contribution in [-0.4, -0.2) is 49.6 Å². The van der Waals surface area contributed by atoms with E-state index in [0.29, 0.717) is 38.2 Å². The van der Waals surface area contributed by atoms with E-state index in [1.54, 1.807) is 29.0 Å². The van der Waals surface area contributed by atoms with Gasteiger partial charge in [0.25, 0.3) is 0 Å². The minimum absolute atomic E-state index is 0.0512. The van der Waals surface area contributed by atoms with Crippen LogP contribution in [0.4, 0.5) is 26.2 Å². The zero-order chi connectivity index (χ0) is 20.5. The normalized spacial score (nSPS) is 19.2. The number of rotatable bonds is 2. The quantitative estimate of drug-likeness (QED) is 0.846. The molecule has 2 aliphatic heterocycles. The van der Waals surface area contributed by atoms with Crippen molar-refractivity contribution in [2.45, 2.75) is 25.8 Å². The number of aryl methyl sites for hydroxylation is 1. The predicted octanol–water partition coefficient (Wildman–Crippen LogP) is 3.48. The van der Waals surface area contributed by atoms with Crippen LogP contribution in [0.2, 0.25) is 0 Å². The summed E-state index contributed by atoms with van der Waals surface area (Å²) >= 11 is 0. The van der Waals surface area contributed by atoms with Crippen molar-refractivity contribution in [3.8, 4) is 0 Å². The second-order valence-corrected chi connectivity index (χ2v) is 7.67. The van der Waals surface area contributed by atoms with E-state index in [1.807, 2.05) is 36.1 Å². The number of piperazine rings is 1. The number of hydrogen-bond acceptors (Lipinski definition) is 3. The highest BCUT2D eigenvalue weighted by Gasteiger charge is 2.29. The summed E-state index contributed by atoms with van der Waals surface area (Å²) in [5.41, 5.74) is 3.25. The van der Waals surface area contributed by atoms with Gasteiger partial charge in [0, 0.05) is 50.5 Å². The standard InChI is InChI=1S/C22H25FN4O2/c1-15-14-26(20-6-4-3-5-18(20)23)11-12-27(15)22(29)24-17-8-9-19-16(13-17)7-10-21(28)25(19)2/h3-6,8-9,13,15H,7,10-12,14H2,1-2H3,(H,24,29)/t15-/m0/s1. The number of nitrogens with zero attached hydrogens (tertiary/aromatic N) is 3. The first-order chi connectivity index (χ1) is 13.9. The Morgan fingerprint density at radius 1 is 1.10 bits per heavy atom. The topological polar surface area (TPSA) is 55.9 Å². The summed E-state index contributed by atoms with van der Waals surface area (Å²) < 4.78 is 14.1. The molecular weight excluding hydrogens is 371 g/mol. The van der Waals surface area contributed by atoms with Gasteiger partial charge in [-0.05, 0) is 49.2 Å². The monoisotopic (exact) mass is 396 g/mol. The second kappa shape index (κ2) is 7.73. The highest BCUT2D eigenvalue weighted by Crippen LogP contribution is 2.29. The van der Waals surface area contributed by atoms with Gasteiger partial charge < -0.3 is 20.0 Å². The fourth-order valence-electron chi connectivity index (χ4n) is 4.12. The summed E-state index contributed by atoms with van der Waals surface area (Å²) in [6.45, 7) is 3.64. The van der Waals surface area contributed by atoms with Crippen LogP contribution in [0.1, 0.15) is 18.9 Å². The molecule has 0 unspecified atom stereocenters. The van der Waals surface area contributed by atoms with Gasteiger partial charge >= 0.3 is 6.03 Å². The average Bonchev–Trinajstić information content (AvgIpc) is 2.71. The molecule has 0 bridgehead atoms. The molecule has 6 nitrogen and oxygen atoms in total. The lowest BCUT2D eigenvalue weighted by atomic mass is 10.0. The lowest BCUT2D eigenvalue weighted by Gasteiger charge is -2.41. The summed E-state index contributed by atoms with van der Waals surface area (Å²) in [7, 11) is 1.77. The molecule has 4 rings (SSSR count). The fourth-order valence-corrected chi connectivity index (χ4v) is 4.12. The first-order valence-corrected chi connectivity index (χ1v) is 9.90. The maximum atomic E-state index is 14.1. The third kappa shape index (κ3) is 3.77. The van der Waals surface area contributed by atoms with Gasteiger partial charge in [-0.25, -0.2) is 9.18 Å². The smallest absolute Gasteiger partial charge is 0.322 e. The van der Waals surface area contributed by atoms with E-state index in [9.17, 15) is 14.0 Å². The van der Waals surface area contributed by atoms with Crippen LogP contribution in [-0.2, 0) is 11.2 Å². The number of urea groups is 1. The molecule has 0 aromatic heterocycles. The summed E-state index contributed by atoms with van der Waals surface area (Å²) in [6, 6.07) is 12.2. The molecule has 0 spiro atoms. The van der Waals surface area contributed by atoms with Crippen molar-refractivity contribution >= 4 is 29.0 Å². The van der Waals surface area contributed by atoms with Gasteiger partial charge in [-0.2, -0.15) is 0 Å². The maximum Gasteiger partial charge on any atom is 0.322 e. The van der Waals surface area contributed by atoms with Crippen molar-refractivity contribution in [1.82, 2.24) is 4.90 Å². The van der Waals surface area contributed by atoms with Crippen molar-refractivity contribution in [2.24, 2.45) is 0 Å². The fraction of sp³-hybridized carbons (Fsp3) is 0.364. The Morgan fingerprint density at radius 3 is 2.66 bits per heavy atom. The van der Waals surface area contributed by atoms with Crippen LogP contribution in [0.5, 0.6) is 0 Å². The van der Waals surface area contributed by atoms with Crippen molar-refractivity contribution < 1.29 is 14.0 Å². The Hall–Kier alpha value is -3.09. The van der Waals surface area contributed by atoms with E-state index in [2.05, 4.69) is 5.32 Å². The Morgan fingerprint density at radius 2 is 1.90 bits per heavy atom. The molecule has 2 heterocycles. The molecule has 1 fully saturated rings. The van der Waals surface area contributed by atoms with Crippen molar-refractivity contribution in [3.05, 3.63) is 53.8 Å². The lowest BCUT2D eigenvalue weighted by Crippen LogP contribution is -2.55. The lowest BCUT2D eigenvalue weighted by molar-refractivity contribution is -0.118. The van der Waals surface area contributed by atoms with Gasteiger partial charge in [0.15, 0.2) is 0 Å². The van der Waals surface area contributed by atoms with Crippen molar-refractivity contribution in [1.29, 1.82) is 0 Å². The molecule has 29 heavy (non-hydrogen) atoms. The first-order valence-electron chi connectivity index (χ1n) is 9.90. The molecule has 2 aromatic rings. The molecule has 1 N–H and O–H groups in total. The molecule has 0 saturated carbocycles. The number of para-hydroxylation sites is 1. The van der Waals surface area contributed by atoms with Gasteiger partial charge in [-0.1, -0.05) is 12.1 Å². The number of amides is 3. The Bertz CT molecular complexity index is 948. The number of anilines is 3. The number of halogens is 1. The number of fused-ring (bicyclic) bond motifs is 1. The predicted molar refractivity (Wildman–Crippen MR) is 112 cm³/mol. The molecule has 0 aliphatic carbocycles. The maximum absolute atomic E-state index is 14.1. The zero-order valence-electron chi connectivity index (χ0n) is 16.7. The summed E-state index contributed by atoms with van der Waals surface area (Å²) in [5, 5.41) is 2.98. The van der Waals surface area contributed by atoms with Gasteiger partial charge in [-0.3, -0.25) is 4.79 Å². The van der Waals surface area contributed by atoms with Crippen LogP contribution >= 0.6 is 0 Å². The van der Waals surface area contributed by atoms with Gasteiger partial charge in [0.05, 0.1) is 5.69 Å². The van der Waals surface area contributed by atoms with Crippen molar-refractivity contribution in [2.75, 3.05) is 41.8 Å². The Labute approximate surface area is 169 Å². The van der Waals surface area contributed by atoms with Crippen LogP contribution < -0.4 is 15.1 Å². The Balaban J connectivity index is 1.42. The van der Waals surface area contributed by atoms with Gasteiger partial charge in [0.2, 0.25) is 5.91 Å². The summed E-state index contributed by atoms with van der Waals surface area (Å²) in [4.78, 5) is 30.1. The van der Waals surface area contributed by atoms with Crippen LogP contribution in [0, 0.1) is 5.82 Å². The third-order valence-electron chi connectivity index (χ3n) is 5.76. The molecule has 1 saturated heterocycles. The van der Waals surface area contributed by atoms with E-state index >= 15 is 0 Å². The highest BCUT2D eigenvalue weighted by molar-refractivity contribution is 5.97. The zero-order valence-corrected chi connectivity index (χ0v) is 16.7. The minimum atomic E-state index is -0.241. The molecule has 1 atom stereocenters. The van der Waals surface area contributed by atoms with Crippen LogP contribution in [0.15, 0.2) is 42.5 Å². The van der Waals surface area contributed by atoms with Gasteiger partial charge in [-0.15, -0.1) is 0 Å². The molecule has 2 aliphatic rings. The molecule has 7 heteroatoms. The second-order valence-electron chi connectivity index (χ2n) is 7.67. The number of hydrogen-bond donors (Lipinski definition) is 1. The number of nitrogens with one attached hydrogen (secondary N) is 1. The molecule has 2 aromatic carbocycles. The number of carbonyl (C=O) groups is 2. The third-order valence-corrected chi connectivity index (χ3v) is 5.76. The number of benzene rings is 2. The van der Waals surface area contributed by atoms with E-state index in [1.165, 1.54) is 6.07 Å². The average molecular weight is 396 g/mol. The van der Waals surface area contributed by atoms with Crippen molar-refractivity contribution in [3.63, 3.8) is 0 Å². The minimum Gasteiger partial charge on any atom is -0.365 e.